The first kappa shape index (κ1) is 20.1. The van der Waals surface area contributed by atoms with Crippen molar-refractivity contribution in [2.75, 3.05) is 7.11 Å². The molecule has 10 heteroatoms. The Morgan fingerprint density at radius 3 is 1.79 bits per heavy atom. The number of methoxy groups -OCH3 is 1. The van der Waals surface area contributed by atoms with Crippen LogP contribution in [-0.4, -0.2) is 26.6 Å². The van der Waals surface area contributed by atoms with Gasteiger partial charge in [-0.2, -0.15) is 5.26 Å². The summed E-state index contributed by atoms with van der Waals surface area (Å²) in [5.74, 6) is 0.860. The standard InChI is InChI=1S/C14H13N2O.6FH.Sb/c1-17-14-4-2-13(3-5-14)11-16-8-6-12(10-15)7-9-16;;;;;;;/h2-9H,11H2,1H3;6*1H;/q+1;;;;;;;+5/p-6. The van der Waals surface area contributed by atoms with Crippen molar-refractivity contribution in [1.29, 1.82) is 5.26 Å². The Bertz CT molecular complexity index is 710. The maximum absolute atomic E-state index is 11.2. The number of aromatic nitrogens is 1. The summed E-state index contributed by atoms with van der Waals surface area (Å²) in [5, 5.41) is 8.70. The van der Waals surface area contributed by atoms with Gasteiger partial charge in [-0.1, -0.05) is 0 Å². The van der Waals surface area contributed by atoms with E-state index in [1.54, 1.807) is 7.11 Å². The van der Waals surface area contributed by atoms with E-state index in [-0.39, 0.29) is 0 Å². The minimum atomic E-state index is -11.2. The van der Waals surface area contributed by atoms with Crippen molar-refractivity contribution in [1.82, 2.24) is 0 Å². The summed E-state index contributed by atoms with van der Waals surface area (Å²) in [6.45, 7) is 0.787. The number of rotatable bonds is 3. The molecule has 0 unspecified atom stereocenters. The van der Waals surface area contributed by atoms with Crippen LogP contribution < -0.4 is 9.30 Å². The molecule has 0 amide bonds. The van der Waals surface area contributed by atoms with Gasteiger partial charge in [0.25, 0.3) is 0 Å². The van der Waals surface area contributed by atoms with Crippen molar-refractivity contribution < 1.29 is 26.2 Å². The molecule has 24 heavy (non-hydrogen) atoms. The molecule has 0 fully saturated rings. The number of benzene rings is 1. The molecule has 2 rings (SSSR count). The quantitative estimate of drug-likeness (QED) is 0.394. The number of hydrogen-bond donors (Lipinski definition) is 0. The molecule has 2 aromatic rings. The first-order chi connectivity index (χ1) is 10.8. The van der Waals surface area contributed by atoms with Gasteiger partial charge in [-0.15, -0.1) is 0 Å². The molecule has 1 heterocycles. The van der Waals surface area contributed by atoms with Crippen molar-refractivity contribution in [3.8, 4) is 11.8 Å². The van der Waals surface area contributed by atoms with Gasteiger partial charge >= 0.3 is 36.4 Å². The van der Waals surface area contributed by atoms with Gasteiger partial charge in [0, 0.05) is 17.7 Å². The van der Waals surface area contributed by atoms with Crippen LogP contribution in [0, 0.1) is 11.3 Å². The van der Waals surface area contributed by atoms with E-state index in [0.29, 0.717) is 5.56 Å². The van der Waals surface area contributed by atoms with E-state index in [0.717, 1.165) is 12.3 Å². The van der Waals surface area contributed by atoms with E-state index in [1.807, 2.05) is 53.4 Å². The second-order valence-corrected chi connectivity index (χ2v) is 10.1. The molecule has 0 bridgehead atoms. The number of nitrogens with zero attached hydrogens (tertiary/aromatic N) is 2. The van der Waals surface area contributed by atoms with Crippen LogP contribution in [0.5, 0.6) is 5.75 Å². The molecule has 0 spiro atoms. The zero-order valence-electron chi connectivity index (χ0n) is 12.3. The fourth-order valence-corrected chi connectivity index (χ4v) is 1.58. The van der Waals surface area contributed by atoms with Crippen LogP contribution in [0.3, 0.4) is 0 Å². The van der Waals surface area contributed by atoms with Crippen molar-refractivity contribution in [2.45, 2.75) is 6.54 Å². The molecule has 1 aromatic heterocycles. The van der Waals surface area contributed by atoms with Crippen molar-refractivity contribution in [3.63, 3.8) is 0 Å². The second kappa shape index (κ2) is 6.52. The van der Waals surface area contributed by atoms with Crippen LogP contribution in [-0.2, 0) is 6.54 Å². The summed E-state index contributed by atoms with van der Waals surface area (Å²) < 4.78 is 66.7. The molecule has 0 saturated carbocycles. The first-order valence-corrected chi connectivity index (χ1v) is 12.1. The third kappa shape index (κ3) is 10.7. The summed E-state index contributed by atoms with van der Waals surface area (Å²) in [4.78, 5) is 0. The molecule has 1 aromatic carbocycles. The van der Waals surface area contributed by atoms with Crippen LogP contribution in [0.25, 0.3) is 0 Å². The molecule has 0 aliphatic carbocycles. The van der Waals surface area contributed by atoms with E-state index in [4.69, 9.17) is 10.00 Å². The van der Waals surface area contributed by atoms with Gasteiger partial charge in [0.15, 0.2) is 18.9 Å². The fourth-order valence-electron chi connectivity index (χ4n) is 1.58. The zero-order chi connectivity index (χ0) is 18.5. The molecule has 0 aliphatic heterocycles. The zero-order valence-corrected chi connectivity index (χ0v) is 14.9. The van der Waals surface area contributed by atoms with Gasteiger partial charge in [0.05, 0.1) is 18.7 Å². The number of ether oxygens (including phenoxy) is 1. The number of halogens is 6. The van der Waals surface area contributed by atoms with Crippen molar-refractivity contribution in [2.24, 2.45) is 0 Å². The second-order valence-electron chi connectivity index (χ2n) is 4.68. The number of hydrogen-bond acceptors (Lipinski definition) is 2. The van der Waals surface area contributed by atoms with Crippen LogP contribution >= 0.6 is 0 Å². The molecule has 132 valence electrons. The summed E-state index contributed by atoms with van der Waals surface area (Å²) in [6.07, 6.45) is 3.81. The number of nitriles is 1. The van der Waals surface area contributed by atoms with Crippen LogP contribution in [0.4, 0.5) is 16.9 Å². The Balaban J connectivity index is 0.000000351. The monoisotopic (exact) mass is 460 g/mol. The molecule has 0 aliphatic rings. The normalized spacial score (nSPS) is 13.6. The van der Waals surface area contributed by atoms with Gasteiger partial charge in [0.2, 0.25) is 0 Å². The molecule has 0 saturated heterocycles. The van der Waals surface area contributed by atoms with E-state index in [2.05, 4.69) is 6.07 Å². The van der Waals surface area contributed by atoms with Gasteiger partial charge in [0.1, 0.15) is 5.75 Å². The van der Waals surface area contributed by atoms with E-state index in [9.17, 15) is 16.9 Å². The first-order valence-electron chi connectivity index (χ1n) is 6.35. The van der Waals surface area contributed by atoms with E-state index >= 15 is 0 Å². The van der Waals surface area contributed by atoms with Crippen LogP contribution in [0.15, 0.2) is 48.8 Å². The fraction of sp³-hybridized carbons (Fsp3) is 0.143. The number of pyridine rings is 1. The van der Waals surface area contributed by atoms with Gasteiger partial charge < -0.3 is 4.74 Å². The van der Waals surface area contributed by atoms with Gasteiger partial charge in [-0.3, -0.25) is 0 Å². The molecular formula is C14H13F6N2OSb. The summed E-state index contributed by atoms with van der Waals surface area (Å²) >= 11 is -11.2. The average molecular weight is 461 g/mol. The van der Waals surface area contributed by atoms with E-state index < -0.39 is 19.5 Å². The summed E-state index contributed by atoms with van der Waals surface area (Å²) in [5.41, 5.74) is 1.87. The Morgan fingerprint density at radius 2 is 1.42 bits per heavy atom. The summed E-state index contributed by atoms with van der Waals surface area (Å²) in [7, 11) is 1.66. The van der Waals surface area contributed by atoms with Crippen molar-refractivity contribution >= 4 is 19.5 Å². The Hall–Kier alpha value is -1.94. The molecule has 0 N–H and O–H groups in total. The average Bonchev–Trinajstić information content (AvgIpc) is 2.46. The predicted molar refractivity (Wildman–Crippen MR) is 75.9 cm³/mol. The molecule has 0 radical (unpaired) electrons. The minimum absolute atomic E-state index is 0.677. The SMILES string of the molecule is COc1ccc(C[n+]2ccc(C#N)cc2)cc1.[F][Sb-]([F])([F])([F])([F])[F]. The van der Waals surface area contributed by atoms with Crippen molar-refractivity contribution in [3.05, 3.63) is 59.9 Å². The third-order valence-electron chi connectivity index (χ3n) is 2.54. The molecule has 3 nitrogen and oxygen atoms in total. The third-order valence-corrected chi connectivity index (χ3v) is 2.54. The van der Waals surface area contributed by atoms with Crippen LogP contribution in [0.2, 0.25) is 0 Å². The molecular weight excluding hydrogens is 448 g/mol. The maximum atomic E-state index is 9.93. The Kier molecular flexibility index (Phi) is 5.46. The van der Waals surface area contributed by atoms with Crippen LogP contribution in [0.1, 0.15) is 11.1 Å². The summed E-state index contributed by atoms with van der Waals surface area (Å²) in [6, 6.07) is 13.7. The topological polar surface area (TPSA) is 36.9 Å². The van der Waals surface area contributed by atoms with E-state index in [1.165, 1.54) is 5.56 Å². The predicted octanol–water partition coefficient (Wildman–Crippen LogP) is 4.04. The van der Waals surface area contributed by atoms with Gasteiger partial charge in [-0.05, 0) is 24.3 Å². The molecule has 0 atom stereocenters. The Labute approximate surface area is 136 Å². The van der Waals surface area contributed by atoms with Gasteiger partial charge in [-0.25, -0.2) is 4.57 Å². The Morgan fingerprint density at radius 1 is 0.958 bits per heavy atom.